The summed E-state index contributed by atoms with van der Waals surface area (Å²) in [6.45, 7) is 1.78. The highest BCUT2D eigenvalue weighted by Gasteiger charge is 1.93. The van der Waals surface area contributed by atoms with E-state index in [1.165, 1.54) is 0 Å². The second-order valence-electron chi connectivity index (χ2n) is 3.54. The smallest absolute Gasteiger partial charge is 0.293 e. The number of hydrogen-bond acceptors (Lipinski definition) is 3. The Labute approximate surface area is 96.4 Å². The fourth-order valence-electron chi connectivity index (χ4n) is 1.40. The van der Waals surface area contributed by atoms with Gasteiger partial charge in [-0.15, -0.1) is 0 Å². The lowest BCUT2D eigenvalue weighted by Gasteiger charge is -2.05. The van der Waals surface area contributed by atoms with Gasteiger partial charge in [0.1, 0.15) is 5.75 Å². The zero-order valence-electron chi connectivity index (χ0n) is 9.43. The van der Waals surface area contributed by atoms with Crippen LogP contribution in [-0.2, 0) is 9.53 Å². The van der Waals surface area contributed by atoms with Crippen LogP contribution in [0.1, 0.15) is 25.7 Å². The van der Waals surface area contributed by atoms with E-state index in [2.05, 4.69) is 4.74 Å². The SMILES string of the molecule is O=COCCCCCCOc1ccccc1. The maximum Gasteiger partial charge on any atom is 0.293 e. The van der Waals surface area contributed by atoms with Crippen molar-refractivity contribution in [3.63, 3.8) is 0 Å². The highest BCUT2D eigenvalue weighted by Crippen LogP contribution is 2.09. The predicted octanol–water partition coefficient (Wildman–Crippen LogP) is 2.80. The number of rotatable bonds is 9. The van der Waals surface area contributed by atoms with Crippen LogP contribution in [0.2, 0.25) is 0 Å². The second-order valence-corrected chi connectivity index (χ2v) is 3.54. The standard InChI is InChI=1S/C13H18O3/c14-12-15-10-6-1-2-7-11-16-13-8-4-3-5-9-13/h3-5,8-9,12H,1-2,6-7,10-11H2. The van der Waals surface area contributed by atoms with Crippen molar-refractivity contribution in [1.82, 2.24) is 0 Å². The normalized spacial score (nSPS) is 9.75. The van der Waals surface area contributed by atoms with E-state index in [4.69, 9.17) is 4.74 Å². The number of hydrogen-bond donors (Lipinski definition) is 0. The summed E-state index contributed by atoms with van der Waals surface area (Å²) in [5.41, 5.74) is 0. The van der Waals surface area contributed by atoms with Crippen molar-refractivity contribution in [1.29, 1.82) is 0 Å². The Kier molecular flexibility index (Phi) is 6.88. The number of ether oxygens (including phenoxy) is 2. The van der Waals surface area contributed by atoms with E-state index in [-0.39, 0.29) is 0 Å². The van der Waals surface area contributed by atoms with Gasteiger partial charge in [0.25, 0.3) is 6.47 Å². The largest absolute Gasteiger partial charge is 0.494 e. The topological polar surface area (TPSA) is 35.5 Å². The minimum absolute atomic E-state index is 0.499. The molecule has 0 bridgehead atoms. The van der Waals surface area contributed by atoms with E-state index in [1.807, 2.05) is 30.3 Å². The van der Waals surface area contributed by atoms with Gasteiger partial charge in [-0.05, 0) is 37.8 Å². The van der Waals surface area contributed by atoms with Gasteiger partial charge in [0.2, 0.25) is 0 Å². The summed E-state index contributed by atoms with van der Waals surface area (Å²) in [6.07, 6.45) is 4.15. The Morgan fingerprint density at radius 1 is 0.938 bits per heavy atom. The van der Waals surface area contributed by atoms with Crippen LogP contribution in [0.15, 0.2) is 30.3 Å². The van der Waals surface area contributed by atoms with Crippen molar-refractivity contribution < 1.29 is 14.3 Å². The van der Waals surface area contributed by atoms with Crippen LogP contribution in [0.25, 0.3) is 0 Å². The Hall–Kier alpha value is -1.51. The number of unbranched alkanes of at least 4 members (excludes halogenated alkanes) is 3. The van der Waals surface area contributed by atoms with Crippen molar-refractivity contribution >= 4 is 6.47 Å². The molecule has 0 radical (unpaired) electrons. The molecule has 0 saturated carbocycles. The van der Waals surface area contributed by atoms with Crippen LogP contribution in [-0.4, -0.2) is 19.7 Å². The molecule has 0 unspecified atom stereocenters. The summed E-state index contributed by atoms with van der Waals surface area (Å²) >= 11 is 0. The van der Waals surface area contributed by atoms with Crippen molar-refractivity contribution in [2.75, 3.05) is 13.2 Å². The zero-order valence-corrected chi connectivity index (χ0v) is 9.43. The molecule has 88 valence electrons. The molecule has 1 aromatic rings. The molecular weight excluding hydrogens is 204 g/mol. The predicted molar refractivity (Wildman–Crippen MR) is 62.4 cm³/mol. The van der Waals surface area contributed by atoms with E-state index in [0.29, 0.717) is 13.1 Å². The molecule has 0 aromatic heterocycles. The minimum Gasteiger partial charge on any atom is -0.494 e. The van der Waals surface area contributed by atoms with Gasteiger partial charge in [0.15, 0.2) is 0 Å². The van der Waals surface area contributed by atoms with E-state index in [9.17, 15) is 4.79 Å². The highest BCUT2D eigenvalue weighted by atomic mass is 16.5. The minimum atomic E-state index is 0.499. The maximum atomic E-state index is 9.85. The molecular formula is C13H18O3. The molecule has 0 aliphatic heterocycles. The quantitative estimate of drug-likeness (QED) is 0.476. The molecule has 16 heavy (non-hydrogen) atoms. The molecule has 0 heterocycles. The zero-order chi connectivity index (χ0) is 11.5. The van der Waals surface area contributed by atoms with Gasteiger partial charge in [-0.1, -0.05) is 18.2 Å². The Morgan fingerprint density at radius 2 is 1.62 bits per heavy atom. The molecule has 0 amide bonds. The van der Waals surface area contributed by atoms with Gasteiger partial charge in [-0.2, -0.15) is 0 Å². The van der Waals surface area contributed by atoms with Crippen LogP contribution in [0, 0.1) is 0 Å². The van der Waals surface area contributed by atoms with Crippen molar-refractivity contribution in [2.45, 2.75) is 25.7 Å². The molecule has 0 atom stereocenters. The van der Waals surface area contributed by atoms with Gasteiger partial charge < -0.3 is 9.47 Å². The lowest BCUT2D eigenvalue weighted by Crippen LogP contribution is -1.97. The lowest BCUT2D eigenvalue weighted by atomic mass is 10.2. The third kappa shape index (κ3) is 6.06. The molecule has 1 rings (SSSR count). The summed E-state index contributed by atoms with van der Waals surface area (Å²) in [4.78, 5) is 9.85. The van der Waals surface area contributed by atoms with Gasteiger partial charge in [0, 0.05) is 0 Å². The molecule has 0 saturated heterocycles. The van der Waals surface area contributed by atoms with Crippen molar-refractivity contribution in [3.05, 3.63) is 30.3 Å². The van der Waals surface area contributed by atoms with E-state index >= 15 is 0 Å². The average molecular weight is 222 g/mol. The third-order valence-corrected chi connectivity index (χ3v) is 2.24. The fourth-order valence-corrected chi connectivity index (χ4v) is 1.40. The van der Waals surface area contributed by atoms with Gasteiger partial charge >= 0.3 is 0 Å². The summed E-state index contributed by atoms with van der Waals surface area (Å²) in [6, 6.07) is 9.81. The Balaban J connectivity index is 1.90. The second kappa shape index (κ2) is 8.77. The number of carbonyl (C=O) groups excluding carboxylic acids is 1. The van der Waals surface area contributed by atoms with Gasteiger partial charge in [-0.25, -0.2) is 0 Å². The maximum absolute atomic E-state index is 9.85. The molecule has 3 nitrogen and oxygen atoms in total. The van der Waals surface area contributed by atoms with Crippen LogP contribution in [0.5, 0.6) is 5.75 Å². The molecule has 3 heteroatoms. The van der Waals surface area contributed by atoms with Crippen LogP contribution < -0.4 is 4.74 Å². The van der Waals surface area contributed by atoms with Gasteiger partial charge in [0.05, 0.1) is 13.2 Å². The Morgan fingerprint density at radius 3 is 2.31 bits per heavy atom. The first-order chi connectivity index (χ1) is 7.93. The molecule has 0 aliphatic carbocycles. The van der Waals surface area contributed by atoms with Crippen LogP contribution in [0.3, 0.4) is 0 Å². The van der Waals surface area contributed by atoms with Gasteiger partial charge in [-0.3, -0.25) is 4.79 Å². The molecule has 0 aliphatic rings. The number of para-hydroxylation sites is 1. The monoisotopic (exact) mass is 222 g/mol. The average Bonchev–Trinajstić information content (AvgIpc) is 2.34. The Bertz CT molecular complexity index is 272. The first-order valence-corrected chi connectivity index (χ1v) is 5.66. The van der Waals surface area contributed by atoms with Crippen molar-refractivity contribution in [3.8, 4) is 5.75 Å². The van der Waals surface area contributed by atoms with E-state index in [1.54, 1.807) is 0 Å². The van der Waals surface area contributed by atoms with E-state index < -0.39 is 0 Å². The highest BCUT2D eigenvalue weighted by molar-refractivity contribution is 5.36. The molecule has 0 spiro atoms. The summed E-state index contributed by atoms with van der Waals surface area (Å²) in [7, 11) is 0. The molecule has 0 fully saturated rings. The van der Waals surface area contributed by atoms with Crippen molar-refractivity contribution in [2.24, 2.45) is 0 Å². The summed E-state index contributed by atoms with van der Waals surface area (Å²) in [5.74, 6) is 0.923. The van der Waals surface area contributed by atoms with E-state index in [0.717, 1.165) is 38.0 Å². The third-order valence-electron chi connectivity index (χ3n) is 2.24. The molecule has 0 N–H and O–H groups in total. The number of benzene rings is 1. The lowest BCUT2D eigenvalue weighted by molar-refractivity contribution is -0.128. The van der Waals surface area contributed by atoms with Crippen LogP contribution in [0.4, 0.5) is 0 Å². The first kappa shape index (κ1) is 12.6. The first-order valence-electron chi connectivity index (χ1n) is 5.66. The fraction of sp³-hybridized carbons (Fsp3) is 0.462. The summed E-state index contributed by atoms with van der Waals surface area (Å²) < 4.78 is 10.1. The number of carbonyl (C=O) groups is 1. The summed E-state index contributed by atoms with van der Waals surface area (Å²) in [5, 5.41) is 0. The molecule has 1 aromatic carbocycles. The van der Waals surface area contributed by atoms with Crippen LogP contribution >= 0.6 is 0 Å².